The van der Waals surface area contributed by atoms with Gasteiger partial charge in [-0.2, -0.15) is 5.10 Å². The minimum absolute atomic E-state index is 0.595. The van der Waals surface area contributed by atoms with E-state index in [1.807, 2.05) is 26.0 Å². The van der Waals surface area contributed by atoms with Crippen molar-refractivity contribution in [2.75, 3.05) is 12.4 Å². The fourth-order valence-corrected chi connectivity index (χ4v) is 2.07. The molecule has 0 aliphatic rings. The number of rotatable bonds is 4. The van der Waals surface area contributed by atoms with Crippen LogP contribution in [0.2, 0.25) is 0 Å². The minimum Gasteiger partial charge on any atom is -0.497 e. The summed E-state index contributed by atoms with van der Waals surface area (Å²) in [5.74, 6) is -0.934. The van der Waals surface area contributed by atoms with E-state index >= 15 is 0 Å². The molecule has 0 atom stereocenters. The summed E-state index contributed by atoms with van der Waals surface area (Å²) in [6, 6.07) is 12.7. The number of anilines is 1. The Morgan fingerprint density at radius 1 is 1.08 bits per heavy atom. The van der Waals surface area contributed by atoms with Gasteiger partial charge in [0.15, 0.2) is 0 Å². The number of nitrogens with zero attached hydrogens (tertiary/aromatic N) is 1. The molecule has 2 N–H and O–H groups in total. The molecular formula is C18H19N3O3. The molecule has 0 saturated heterocycles. The molecule has 0 fully saturated rings. The number of benzene rings is 2. The Kier molecular flexibility index (Phi) is 5.68. The third-order valence-corrected chi connectivity index (χ3v) is 3.31. The van der Waals surface area contributed by atoms with E-state index in [1.54, 1.807) is 37.4 Å². The van der Waals surface area contributed by atoms with Crippen molar-refractivity contribution in [1.82, 2.24) is 5.43 Å². The molecule has 6 nitrogen and oxygen atoms in total. The lowest BCUT2D eigenvalue weighted by Crippen LogP contribution is -2.32. The third kappa shape index (κ3) is 4.67. The summed E-state index contributed by atoms with van der Waals surface area (Å²) in [4.78, 5) is 23.7. The first kappa shape index (κ1) is 17.2. The molecule has 0 spiro atoms. The predicted octanol–water partition coefficient (Wildman–Crippen LogP) is 2.40. The molecule has 124 valence electrons. The number of amides is 2. The van der Waals surface area contributed by atoms with Crippen molar-refractivity contribution in [1.29, 1.82) is 0 Å². The van der Waals surface area contributed by atoms with Gasteiger partial charge < -0.3 is 10.1 Å². The van der Waals surface area contributed by atoms with Gasteiger partial charge in [0.05, 0.1) is 13.3 Å². The highest BCUT2D eigenvalue weighted by atomic mass is 16.5. The quantitative estimate of drug-likeness (QED) is 0.515. The molecule has 0 bridgehead atoms. The Morgan fingerprint density at radius 3 is 2.58 bits per heavy atom. The Labute approximate surface area is 140 Å². The highest BCUT2D eigenvalue weighted by molar-refractivity contribution is 6.39. The lowest BCUT2D eigenvalue weighted by molar-refractivity contribution is -0.136. The second kappa shape index (κ2) is 7.92. The molecule has 6 heteroatoms. The van der Waals surface area contributed by atoms with E-state index in [2.05, 4.69) is 15.8 Å². The summed E-state index contributed by atoms with van der Waals surface area (Å²) in [5.41, 5.74) is 5.50. The summed E-state index contributed by atoms with van der Waals surface area (Å²) in [6.45, 7) is 3.82. The highest BCUT2D eigenvalue weighted by Gasteiger charge is 2.13. The minimum atomic E-state index is -0.839. The highest BCUT2D eigenvalue weighted by Crippen LogP contribution is 2.15. The maximum absolute atomic E-state index is 11.9. The number of hydrogen-bond donors (Lipinski definition) is 2. The van der Waals surface area contributed by atoms with E-state index in [-0.39, 0.29) is 0 Å². The number of hydrogen-bond acceptors (Lipinski definition) is 4. The van der Waals surface area contributed by atoms with Crippen LogP contribution in [-0.4, -0.2) is 25.1 Å². The second-order valence-corrected chi connectivity index (χ2v) is 5.25. The van der Waals surface area contributed by atoms with E-state index in [0.717, 1.165) is 16.7 Å². The molecule has 0 radical (unpaired) electrons. The smallest absolute Gasteiger partial charge is 0.329 e. The van der Waals surface area contributed by atoms with Gasteiger partial charge in [0.2, 0.25) is 0 Å². The van der Waals surface area contributed by atoms with Crippen LogP contribution in [0.25, 0.3) is 0 Å². The summed E-state index contributed by atoms with van der Waals surface area (Å²) < 4.78 is 5.09. The molecule has 2 amide bonds. The Balaban J connectivity index is 1.93. The number of nitrogens with one attached hydrogen (secondary N) is 2. The Bertz CT molecular complexity index is 785. The predicted molar refractivity (Wildman–Crippen MR) is 93.3 cm³/mol. The fraction of sp³-hybridized carbons (Fsp3) is 0.167. The van der Waals surface area contributed by atoms with Crippen molar-refractivity contribution in [3.63, 3.8) is 0 Å². The van der Waals surface area contributed by atoms with Gasteiger partial charge in [0.1, 0.15) is 5.75 Å². The van der Waals surface area contributed by atoms with Crippen molar-refractivity contribution in [3.8, 4) is 5.75 Å². The molecular weight excluding hydrogens is 306 g/mol. The van der Waals surface area contributed by atoms with E-state index in [4.69, 9.17) is 4.74 Å². The third-order valence-electron chi connectivity index (χ3n) is 3.31. The molecule has 2 aromatic carbocycles. The van der Waals surface area contributed by atoms with Gasteiger partial charge >= 0.3 is 11.8 Å². The largest absolute Gasteiger partial charge is 0.497 e. The number of carbonyl (C=O) groups is 2. The Hall–Kier alpha value is -3.15. The zero-order chi connectivity index (χ0) is 17.5. The molecule has 0 saturated carbocycles. The maximum atomic E-state index is 11.9. The maximum Gasteiger partial charge on any atom is 0.329 e. The van der Waals surface area contributed by atoms with Gasteiger partial charge in [-0.15, -0.1) is 0 Å². The van der Waals surface area contributed by atoms with E-state index in [9.17, 15) is 9.59 Å². The first-order chi connectivity index (χ1) is 11.5. The molecule has 2 rings (SSSR count). The molecule has 24 heavy (non-hydrogen) atoms. The number of aryl methyl sites for hydroxylation is 2. The van der Waals surface area contributed by atoms with E-state index < -0.39 is 11.8 Å². The normalized spacial score (nSPS) is 10.5. The summed E-state index contributed by atoms with van der Waals surface area (Å²) in [5, 5.41) is 6.33. The number of methoxy groups -OCH3 is 1. The summed E-state index contributed by atoms with van der Waals surface area (Å²) in [6.07, 6.45) is 1.44. The van der Waals surface area contributed by atoms with Crippen LogP contribution in [0, 0.1) is 13.8 Å². The van der Waals surface area contributed by atoms with Crippen LogP contribution in [0.5, 0.6) is 5.75 Å². The van der Waals surface area contributed by atoms with Crippen molar-refractivity contribution in [3.05, 3.63) is 59.2 Å². The van der Waals surface area contributed by atoms with E-state index in [1.165, 1.54) is 6.21 Å². The monoisotopic (exact) mass is 325 g/mol. The first-order valence-electron chi connectivity index (χ1n) is 7.35. The fourth-order valence-electron chi connectivity index (χ4n) is 2.07. The van der Waals surface area contributed by atoms with Crippen molar-refractivity contribution >= 4 is 23.7 Å². The van der Waals surface area contributed by atoms with Crippen LogP contribution in [0.15, 0.2) is 47.6 Å². The molecule has 0 aliphatic carbocycles. The van der Waals surface area contributed by atoms with Crippen LogP contribution in [-0.2, 0) is 9.59 Å². The standard InChI is InChI=1S/C18H19N3O3/c1-12-7-8-16(13(2)9-12)20-17(22)18(23)21-19-11-14-5-4-6-15(10-14)24-3/h4-11H,1-3H3,(H,20,22)(H,21,23)/b19-11-. The number of hydrazone groups is 1. The van der Waals surface area contributed by atoms with Crippen LogP contribution < -0.4 is 15.5 Å². The lowest BCUT2D eigenvalue weighted by atomic mass is 10.1. The van der Waals surface area contributed by atoms with Gasteiger partial charge in [-0.25, -0.2) is 5.43 Å². The summed E-state index contributed by atoms with van der Waals surface area (Å²) in [7, 11) is 1.56. The van der Waals surface area contributed by atoms with Gasteiger partial charge in [0, 0.05) is 5.69 Å². The second-order valence-electron chi connectivity index (χ2n) is 5.25. The molecule has 2 aromatic rings. The van der Waals surface area contributed by atoms with Gasteiger partial charge in [0.25, 0.3) is 0 Å². The van der Waals surface area contributed by atoms with Crippen molar-refractivity contribution in [2.24, 2.45) is 5.10 Å². The van der Waals surface area contributed by atoms with Crippen molar-refractivity contribution in [2.45, 2.75) is 13.8 Å². The SMILES string of the molecule is COc1cccc(/C=N\NC(=O)C(=O)Nc2ccc(C)cc2C)c1. The van der Waals surface area contributed by atoms with Crippen LogP contribution in [0.4, 0.5) is 5.69 Å². The lowest BCUT2D eigenvalue weighted by Gasteiger charge is -2.08. The van der Waals surface area contributed by atoms with Crippen LogP contribution in [0.1, 0.15) is 16.7 Å². The number of ether oxygens (including phenoxy) is 1. The van der Waals surface area contributed by atoms with Gasteiger partial charge in [-0.1, -0.05) is 29.8 Å². The average molecular weight is 325 g/mol. The van der Waals surface area contributed by atoms with Crippen LogP contribution >= 0.6 is 0 Å². The first-order valence-corrected chi connectivity index (χ1v) is 7.35. The van der Waals surface area contributed by atoms with Crippen LogP contribution in [0.3, 0.4) is 0 Å². The average Bonchev–Trinajstić information content (AvgIpc) is 2.57. The molecule has 0 unspecified atom stereocenters. The molecule has 0 aliphatic heterocycles. The Morgan fingerprint density at radius 2 is 1.88 bits per heavy atom. The number of carbonyl (C=O) groups excluding carboxylic acids is 2. The zero-order valence-electron chi connectivity index (χ0n) is 13.8. The molecule has 0 heterocycles. The summed E-state index contributed by atoms with van der Waals surface area (Å²) >= 11 is 0. The van der Waals surface area contributed by atoms with Crippen molar-refractivity contribution < 1.29 is 14.3 Å². The zero-order valence-corrected chi connectivity index (χ0v) is 13.8. The van der Waals surface area contributed by atoms with Gasteiger partial charge in [-0.3, -0.25) is 9.59 Å². The van der Waals surface area contributed by atoms with Gasteiger partial charge in [-0.05, 0) is 43.2 Å². The molecule has 0 aromatic heterocycles. The van der Waals surface area contributed by atoms with E-state index in [0.29, 0.717) is 11.4 Å². The topological polar surface area (TPSA) is 79.8 Å².